The molecule has 0 radical (unpaired) electrons. The van der Waals surface area contributed by atoms with Crippen LogP contribution in [-0.2, 0) is 4.74 Å². The van der Waals surface area contributed by atoms with Crippen LogP contribution in [0.1, 0.15) is 32.4 Å². The van der Waals surface area contributed by atoms with E-state index < -0.39 is 0 Å². The Kier molecular flexibility index (Phi) is 9.95. The lowest BCUT2D eigenvalue weighted by molar-refractivity contribution is 0.0322. The summed E-state index contributed by atoms with van der Waals surface area (Å²) in [5.74, 6) is 1.30. The van der Waals surface area contributed by atoms with Crippen LogP contribution in [0.5, 0.6) is 5.75 Å². The lowest BCUT2D eigenvalue weighted by atomic mass is 10.2. The number of fused-ring (bicyclic) bond motifs is 1. The molecule has 8 heteroatoms. The molecular formula is C30H38FN5O2. The molecule has 4 rings (SSSR count). The third-order valence-electron chi connectivity index (χ3n) is 6.26. The molecule has 2 aromatic carbocycles. The summed E-state index contributed by atoms with van der Waals surface area (Å²) in [4.78, 5) is 10.1. The number of unbranched alkanes of at least 4 members (excludes halogenated alkanes) is 1. The summed E-state index contributed by atoms with van der Waals surface area (Å²) >= 11 is 0. The number of hydrogen-bond donors (Lipinski definition) is 3. The van der Waals surface area contributed by atoms with Gasteiger partial charge in [0.1, 0.15) is 18.2 Å². The largest absolute Gasteiger partial charge is 0.492 e. The molecule has 0 unspecified atom stereocenters. The van der Waals surface area contributed by atoms with Gasteiger partial charge < -0.3 is 25.1 Å². The van der Waals surface area contributed by atoms with Crippen molar-refractivity contribution in [2.75, 3.05) is 50.1 Å². The Morgan fingerprint density at radius 2 is 2.03 bits per heavy atom. The van der Waals surface area contributed by atoms with E-state index in [2.05, 4.69) is 38.5 Å². The molecule has 1 fully saturated rings. The van der Waals surface area contributed by atoms with Crippen LogP contribution in [0.2, 0.25) is 0 Å². The van der Waals surface area contributed by atoms with E-state index in [1.165, 1.54) is 0 Å². The minimum Gasteiger partial charge on any atom is -0.492 e. The van der Waals surface area contributed by atoms with Crippen molar-refractivity contribution in [2.45, 2.75) is 33.6 Å². The van der Waals surface area contributed by atoms with Gasteiger partial charge in [-0.1, -0.05) is 19.4 Å². The highest BCUT2D eigenvalue weighted by atomic mass is 19.1. The third kappa shape index (κ3) is 7.94. The average Bonchev–Trinajstić information content (AvgIpc) is 3.31. The molecule has 1 saturated heterocycles. The van der Waals surface area contributed by atoms with Crippen LogP contribution in [0.3, 0.4) is 0 Å². The smallest absolute Gasteiger partial charge is 0.155 e. The third-order valence-corrected chi connectivity index (χ3v) is 6.26. The number of rotatable bonds is 12. The zero-order valence-electron chi connectivity index (χ0n) is 22.5. The van der Waals surface area contributed by atoms with Gasteiger partial charge in [0, 0.05) is 59.9 Å². The van der Waals surface area contributed by atoms with Crippen LogP contribution in [0.15, 0.2) is 71.1 Å². The van der Waals surface area contributed by atoms with Crippen LogP contribution in [0.25, 0.3) is 10.9 Å². The van der Waals surface area contributed by atoms with Crippen molar-refractivity contribution in [3.8, 4) is 5.75 Å². The van der Waals surface area contributed by atoms with E-state index in [0.717, 1.165) is 79.9 Å². The van der Waals surface area contributed by atoms with Crippen LogP contribution in [0, 0.1) is 12.7 Å². The maximum absolute atomic E-state index is 14.9. The average molecular weight is 520 g/mol. The highest BCUT2D eigenvalue weighted by molar-refractivity contribution is 5.85. The molecule has 0 aliphatic carbocycles. The number of H-pyrrole nitrogens is 1. The monoisotopic (exact) mass is 519 g/mol. The Balaban J connectivity index is 1.35. The Labute approximate surface area is 224 Å². The number of aromatic nitrogens is 1. The van der Waals surface area contributed by atoms with Crippen molar-refractivity contribution in [1.82, 2.24) is 9.88 Å². The number of morpholine rings is 1. The molecule has 0 spiro atoms. The number of aromatic amines is 1. The van der Waals surface area contributed by atoms with Crippen LogP contribution in [-0.4, -0.2) is 55.6 Å². The van der Waals surface area contributed by atoms with Gasteiger partial charge in [0.15, 0.2) is 5.82 Å². The van der Waals surface area contributed by atoms with Gasteiger partial charge in [0.05, 0.1) is 18.9 Å². The second-order valence-corrected chi connectivity index (χ2v) is 9.43. The number of aryl methyl sites for hydroxylation is 1. The molecule has 0 amide bonds. The van der Waals surface area contributed by atoms with Gasteiger partial charge in [-0.25, -0.2) is 9.38 Å². The maximum atomic E-state index is 14.9. The summed E-state index contributed by atoms with van der Waals surface area (Å²) in [5, 5.41) is 7.11. The number of aliphatic imine (C=N–C) groups is 1. The van der Waals surface area contributed by atoms with E-state index in [1.807, 2.05) is 56.3 Å². The number of nitrogens with one attached hydrogen (secondary N) is 3. The first-order valence-corrected chi connectivity index (χ1v) is 13.3. The van der Waals surface area contributed by atoms with E-state index in [1.54, 1.807) is 12.3 Å². The molecule has 3 aromatic rings. The highest BCUT2D eigenvalue weighted by Gasteiger charge is 2.11. The van der Waals surface area contributed by atoms with Crippen molar-refractivity contribution in [3.63, 3.8) is 0 Å². The molecule has 202 valence electrons. The summed E-state index contributed by atoms with van der Waals surface area (Å²) in [5.41, 5.74) is 3.84. The second-order valence-electron chi connectivity index (χ2n) is 9.43. The lowest BCUT2D eigenvalue weighted by Gasteiger charge is -2.26. The number of ether oxygens (including phenoxy) is 2. The van der Waals surface area contributed by atoms with E-state index in [9.17, 15) is 4.39 Å². The van der Waals surface area contributed by atoms with E-state index in [4.69, 9.17) is 9.47 Å². The van der Waals surface area contributed by atoms with E-state index in [0.29, 0.717) is 17.7 Å². The number of anilines is 2. The number of hydrogen-bond acceptors (Lipinski definition) is 6. The summed E-state index contributed by atoms with van der Waals surface area (Å²) in [6.07, 6.45) is 7.54. The number of halogens is 1. The Bertz CT molecular complexity index is 1290. The molecule has 0 saturated carbocycles. The molecule has 7 nitrogen and oxygen atoms in total. The fourth-order valence-corrected chi connectivity index (χ4v) is 4.23. The first-order chi connectivity index (χ1) is 18.5. The van der Waals surface area contributed by atoms with Gasteiger partial charge in [-0.05, 0) is 62.8 Å². The van der Waals surface area contributed by atoms with E-state index >= 15 is 0 Å². The van der Waals surface area contributed by atoms with Crippen molar-refractivity contribution in [1.29, 1.82) is 0 Å². The van der Waals surface area contributed by atoms with Crippen molar-refractivity contribution >= 4 is 28.5 Å². The molecule has 38 heavy (non-hydrogen) atoms. The van der Waals surface area contributed by atoms with Crippen LogP contribution < -0.4 is 15.4 Å². The van der Waals surface area contributed by atoms with Gasteiger partial charge in [-0.2, -0.15) is 0 Å². The second kappa shape index (κ2) is 13.8. The molecule has 3 N–H and O–H groups in total. The van der Waals surface area contributed by atoms with Crippen molar-refractivity contribution in [3.05, 3.63) is 77.6 Å². The summed E-state index contributed by atoms with van der Waals surface area (Å²) in [6, 6.07) is 13.4. The quantitative estimate of drug-likeness (QED) is 0.239. The fourth-order valence-electron chi connectivity index (χ4n) is 4.23. The van der Waals surface area contributed by atoms with Crippen LogP contribution in [0.4, 0.5) is 15.8 Å². The highest BCUT2D eigenvalue weighted by Crippen LogP contribution is 2.26. The Morgan fingerprint density at radius 1 is 1.18 bits per heavy atom. The first kappa shape index (κ1) is 27.4. The van der Waals surface area contributed by atoms with Gasteiger partial charge >= 0.3 is 0 Å². The molecule has 2 heterocycles. The predicted octanol–water partition coefficient (Wildman–Crippen LogP) is 6.47. The Morgan fingerprint density at radius 3 is 2.84 bits per heavy atom. The van der Waals surface area contributed by atoms with Gasteiger partial charge in [-0.3, -0.25) is 4.90 Å². The predicted molar refractivity (Wildman–Crippen MR) is 155 cm³/mol. The normalized spacial score (nSPS) is 15.4. The summed E-state index contributed by atoms with van der Waals surface area (Å²) < 4.78 is 26.3. The minimum atomic E-state index is -0.270. The molecule has 1 aliphatic heterocycles. The fraction of sp³-hybridized carbons (Fsp3) is 0.367. The van der Waals surface area contributed by atoms with Gasteiger partial charge in [0.25, 0.3) is 0 Å². The molecular weight excluding hydrogens is 481 g/mol. The molecule has 0 atom stereocenters. The summed E-state index contributed by atoms with van der Waals surface area (Å²) in [7, 11) is 0. The minimum absolute atomic E-state index is 0.270. The molecule has 1 aliphatic rings. The zero-order valence-corrected chi connectivity index (χ0v) is 22.5. The van der Waals surface area contributed by atoms with E-state index in [-0.39, 0.29) is 5.82 Å². The number of allylic oxidation sites excluding steroid dienone is 3. The number of nitrogens with zero attached hydrogens (tertiary/aromatic N) is 2. The van der Waals surface area contributed by atoms with Gasteiger partial charge in [0.2, 0.25) is 0 Å². The van der Waals surface area contributed by atoms with Gasteiger partial charge in [-0.15, -0.1) is 0 Å². The molecule has 1 aromatic heterocycles. The first-order valence-electron chi connectivity index (χ1n) is 13.3. The SMILES string of the molecule is CCC/C=C(/N=C\C=C(/C)Nc1ccc2[nH]c(C)cc2c1F)Nc1cccc(OCCN2CCOCC2)c1. The topological polar surface area (TPSA) is 73.9 Å². The zero-order chi connectivity index (χ0) is 26.7. The number of benzene rings is 2. The van der Waals surface area contributed by atoms with Crippen molar-refractivity contribution < 1.29 is 13.9 Å². The molecule has 0 bridgehead atoms. The maximum Gasteiger partial charge on any atom is 0.155 e. The Hall–Kier alpha value is -3.62. The van der Waals surface area contributed by atoms with Crippen molar-refractivity contribution in [2.24, 2.45) is 4.99 Å². The lowest BCUT2D eigenvalue weighted by Crippen LogP contribution is -2.38. The standard InChI is InChI=1S/C30H38FN5O2/c1-4-5-9-29(35-24-7-6-8-25(21-24)38-19-16-36-14-17-37-18-15-36)32-13-12-22(2)33-28-11-10-27-26(30(28)31)20-23(3)34-27/h6-13,20-21,33-35H,4-5,14-19H2,1-3H3/b22-12+,29-9-,32-13-. The summed E-state index contributed by atoms with van der Waals surface area (Å²) in [6.45, 7) is 10.9. The van der Waals surface area contributed by atoms with Crippen LogP contribution >= 0.6 is 0 Å².